The van der Waals surface area contributed by atoms with E-state index in [0.29, 0.717) is 11.3 Å². The van der Waals surface area contributed by atoms with Crippen molar-refractivity contribution in [3.63, 3.8) is 0 Å². The number of carboxylic acids is 1. The Kier molecular flexibility index (Phi) is 3.79. The number of anilines is 1. The Morgan fingerprint density at radius 3 is 2.85 bits per heavy atom. The molecular formula is C13H12FN3O3. The third-order valence-corrected chi connectivity index (χ3v) is 2.62. The van der Waals surface area contributed by atoms with E-state index in [2.05, 4.69) is 10.4 Å². The second-order valence-electron chi connectivity index (χ2n) is 4.24. The number of carbonyl (C=O) groups excluding carboxylic acids is 1. The number of benzene rings is 1. The highest BCUT2D eigenvalue weighted by Crippen LogP contribution is 2.12. The molecule has 0 radical (unpaired) electrons. The number of halogens is 1. The third kappa shape index (κ3) is 3.19. The molecule has 6 nitrogen and oxygen atoms in total. The summed E-state index contributed by atoms with van der Waals surface area (Å²) in [6.07, 6.45) is 2.71. The molecular weight excluding hydrogens is 265 g/mol. The fourth-order valence-corrected chi connectivity index (χ4v) is 1.59. The lowest BCUT2D eigenvalue weighted by Gasteiger charge is -2.03. The highest BCUT2D eigenvalue weighted by molar-refractivity contribution is 6.04. The van der Waals surface area contributed by atoms with Gasteiger partial charge in [-0.05, 0) is 24.6 Å². The number of hydrogen-bond acceptors (Lipinski definition) is 3. The van der Waals surface area contributed by atoms with Crippen molar-refractivity contribution in [2.75, 3.05) is 5.32 Å². The van der Waals surface area contributed by atoms with Crippen LogP contribution in [0.4, 0.5) is 10.1 Å². The smallest absolute Gasteiger partial charge is 0.325 e. The van der Waals surface area contributed by atoms with Gasteiger partial charge in [-0.1, -0.05) is 6.07 Å². The molecule has 0 atom stereocenters. The monoisotopic (exact) mass is 277 g/mol. The van der Waals surface area contributed by atoms with Gasteiger partial charge in [0.15, 0.2) is 0 Å². The predicted molar refractivity (Wildman–Crippen MR) is 69.0 cm³/mol. The van der Waals surface area contributed by atoms with Crippen LogP contribution in [0.3, 0.4) is 0 Å². The number of carbonyl (C=O) groups is 2. The lowest BCUT2D eigenvalue weighted by molar-refractivity contribution is -0.137. The molecule has 7 heteroatoms. The zero-order valence-electron chi connectivity index (χ0n) is 10.6. The maximum absolute atomic E-state index is 13.4. The van der Waals surface area contributed by atoms with E-state index < -0.39 is 17.7 Å². The zero-order chi connectivity index (χ0) is 14.7. The van der Waals surface area contributed by atoms with Crippen molar-refractivity contribution in [3.05, 3.63) is 47.5 Å². The van der Waals surface area contributed by atoms with E-state index in [9.17, 15) is 14.0 Å². The summed E-state index contributed by atoms with van der Waals surface area (Å²) < 4.78 is 14.5. The molecule has 0 bridgehead atoms. The average molecular weight is 277 g/mol. The topological polar surface area (TPSA) is 84.2 Å². The van der Waals surface area contributed by atoms with Crippen LogP contribution in [0.2, 0.25) is 0 Å². The lowest BCUT2D eigenvalue weighted by Crippen LogP contribution is -2.12. The summed E-state index contributed by atoms with van der Waals surface area (Å²) in [5.74, 6) is -1.98. The van der Waals surface area contributed by atoms with Crippen molar-refractivity contribution in [2.45, 2.75) is 13.5 Å². The summed E-state index contributed by atoms with van der Waals surface area (Å²) in [6.45, 7) is 1.31. The molecule has 0 aliphatic heterocycles. The van der Waals surface area contributed by atoms with Gasteiger partial charge in [0.05, 0.1) is 11.9 Å². The molecule has 0 aliphatic carbocycles. The molecule has 0 saturated heterocycles. The van der Waals surface area contributed by atoms with Gasteiger partial charge >= 0.3 is 5.97 Å². The largest absolute Gasteiger partial charge is 0.480 e. The maximum Gasteiger partial charge on any atom is 0.325 e. The fraction of sp³-hybridized carbons (Fsp3) is 0.154. The molecule has 2 rings (SSSR count). The molecule has 1 heterocycles. The van der Waals surface area contributed by atoms with Crippen LogP contribution >= 0.6 is 0 Å². The van der Waals surface area contributed by atoms with Gasteiger partial charge in [0, 0.05) is 11.8 Å². The number of aliphatic carboxylic acids is 1. The first-order chi connectivity index (χ1) is 9.45. The molecule has 0 saturated carbocycles. The van der Waals surface area contributed by atoms with Crippen LogP contribution in [-0.4, -0.2) is 26.8 Å². The first-order valence-corrected chi connectivity index (χ1v) is 5.77. The van der Waals surface area contributed by atoms with Crippen molar-refractivity contribution in [2.24, 2.45) is 0 Å². The average Bonchev–Trinajstić information content (AvgIpc) is 2.79. The van der Waals surface area contributed by atoms with Gasteiger partial charge in [-0.15, -0.1) is 0 Å². The number of rotatable bonds is 4. The van der Waals surface area contributed by atoms with Crippen LogP contribution in [0, 0.1) is 12.7 Å². The minimum absolute atomic E-state index is 0.180. The van der Waals surface area contributed by atoms with Gasteiger partial charge in [0.25, 0.3) is 5.91 Å². The molecule has 104 valence electrons. The Labute approximate surface area is 113 Å². The number of nitrogens with zero attached hydrogens (tertiary/aromatic N) is 2. The standard InChI is InChI=1S/C13H12FN3O3/c1-8-2-3-9(4-11(8)14)13(20)16-10-5-15-17(6-10)7-12(18)19/h2-6H,7H2,1H3,(H,16,20)(H,18,19). The molecule has 0 aliphatic rings. The van der Waals surface area contributed by atoms with Crippen LogP contribution in [0.1, 0.15) is 15.9 Å². The van der Waals surface area contributed by atoms with E-state index in [1.807, 2.05) is 0 Å². The van der Waals surface area contributed by atoms with Crippen LogP contribution in [-0.2, 0) is 11.3 Å². The van der Waals surface area contributed by atoms with Gasteiger partial charge in [-0.25, -0.2) is 4.39 Å². The Bertz CT molecular complexity index is 667. The first kappa shape index (κ1) is 13.7. The molecule has 0 fully saturated rings. The second-order valence-corrected chi connectivity index (χ2v) is 4.24. The summed E-state index contributed by atoms with van der Waals surface area (Å²) in [5, 5.41) is 14.9. The molecule has 2 aromatic rings. The number of carboxylic acid groups (broad SMARTS) is 1. The number of aromatic nitrogens is 2. The van der Waals surface area contributed by atoms with Gasteiger partial charge in [0.1, 0.15) is 12.4 Å². The van der Waals surface area contributed by atoms with Crippen LogP contribution in [0.25, 0.3) is 0 Å². The van der Waals surface area contributed by atoms with Crippen molar-refractivity contribution in [1.82, 2.24) is 9.78 Å². The summed E-state index contributed by atoms with van der Waals surface area (Å²) in [5.41, 5.74) is 0.979. The molecule has 0 unspecified atom stereocenters. The minimum Gasteiger partial charge on any atom is -0.480 e. The second kappa shape index (κ2) is 5.52. The van der Waals surface area contributed by atoms with E-state index in [0.717, 1.165) is 6.07 Å². The van der Waals surface area contributed by atoms with Crippen molar-refractivity contribution in [3.8, 4) is 0 Å². The van der Waals surface area contributed by atoms with E-state index in [1.54, 1.807) is 6.92 Å². The van der Waals surface area contributed by atoms with Crippen LogP contribution < -0.4 is 5.32 Å². The normalized spacial score (nSPS) is 10.3. The summed E-state index contributed by atoms with van der Waals surface area (Å²) in [6, 6.07) is 4.17. The maximum atomic E-state index is 13.4. The highest BCUT2D eigenvalue weighted by atomic mass is 19.1. The van der Waals surface area contributed by atoms with Gasteiger partial charge in [-0.2, -0.15) is 5.10 Å². The molecule has 1 amide bonds. The number of amides is 1. The summed E-state index contributed by atoms with van der Waals surface area (Å²) in [7, 11) is 0. The molecule has 20 heavy (non-hydrogen) atoms. The van der Waals surface area contributed by atoms with E-state index in [1.165, 1.54) is 29.2 Å². The Morgan fingerprint density at radius 1 is 1.45 bits per heavy atom. The number of hydrogen-bond donors (Lipinski definition) is 2. The van der Waals surface area contributed by atoms with E-state index in [4.69, 9.17) is 5.11 Å². The van der Waals surface area contributed by atoms with Crippen molar-refractivity contribution < 1.29 is 19.1 Å². The van der Waals surface area contributed by atoms with Crippen LogP contribution in [0.15, 0.2) is 30.6 Å². The SMILES string of the molecule is Cc1ccc(C(=O)Nc2cnn(CC(=O)O)c2)cc1F. The summed E-state index contributed by atoms with van der Waals surface area (Å²) >= 11 is 0. The Balaban J connectivity index is 2.09. The van der Waals surface area contributed by atoms with Crippen molar-refractivity contribution in [1.29, 1.82) is 0 Å². The molecule has 1 aromatic carbocycles. The zero-order valence-corrected chi connectivity index (χ0v) is 10.6. The van der Waals surface area contributed by atoms with Gasteiger partial charge in [0.2, 0.25) is 0 Å². The fourth-order valence-electron chi connectivity index (χ4n) is 1.59. The molecule has 2 N–H and O–H groups in total. The Morgan fingerprint density at radius 2 is 2.20 bits per heavy atom. The first-order valence-electron chi connectivity index (χ1n) is 5.77. The van der Waals surface area contributed by atoms with Gasteiger partial charge < -0.3 is 10.4 Å². The third-order valence-electron chi connectivity index (χ3n) is 2.62. The molecule has 1 aromatic heterocycles. The van der Waals surface area contributed by atoms with Crippen molar-refractivity contribution >= 4 is 17.6 Å². The number of nitrogens with one attached hydrogen (secondary N) is 1. The quantitative estimate of drug-likeness (QED) is 0.890. The number of aryl methyl sites for hydroxylation is 1. The van der Waals surface area contributed by atoms with Gasteiger partial charge in [-0.3, -0.25) is 14.3 Å². The Hall–Kier alpha value is -2.70. The minimum atomic E-state index is -1.04. The molecule has 0 spiro atoms. The van der Waals surface area contributed by atoms with E-state index >= 15 is 0 Å². The lowest BCUT2D eigenvalue weighted by atomic mass is 10.1. The summed E-state index contributed by atoms with van der Waals surface area (Å²) in [4.78, 5) is 22.4. The van der Waals surface area contributed by atoms with E-state index in [-0.39, 0.29) is 12.1 Å². The predicted octanol–water partition coefficient (Wildman–Crippen LogP) is 1.67. The van der Waals surface area contributed by atoms with Crippen LogP contribution in [0.5, 0.6) is 0 Å². The highest BCUT2D eigenvalue weighted by Gasteiger charge is 2.10.